The number of rotatable bonds is 5. The number of carbonyl (C=O) groups is 1. The number of halogens is 2. The summed E-state index contributed by atoms with van der Waals surface area (Å²) in [4.78, 5) is 26.1. The van der Waals surface area contributed by atoms with Gasteiger partial charge < -0.3 is 19.3 Å². The molecule has 3 aromatic rings. The van der Waals surface area contributed by atoms with E-state index in [1.165, 1.54) is 12.1 Å². The Kier molecular flexibility index (Phi) is 6.53. The van der Waals surface area contributed by atoms with Crippen LogP contribution in [0.1, 0.15) is 70.9 Å². The highest BCUT2D eigenvalue weighted by Gasteiger charge is 2.56. The lowest BCUT2D eigenvalue weighted by Crippen LogP contribution is -2.64. The van der Waals surface area contributed by atoms with Crippen molar-refractivity contribution in [2.75, 3.05) is 18.0 Å². The van der Waals surface area contributed by atoms with Gasteiger partial charge in [-0.3, -0.25) is 4.98 Å². The molecule has 5 heterocycles. The van der Waals surface area contributed by atoms with Crippen LogP contribution >= 0.6 is 11.6 Å². The van der Waals surface area contributed by atoms with E-state index in [0.717, 1.165) is 62.9 Å². The predicted molar refractivity (Wildman–Crippen MR) is 155 cm³/mol. The number of benzene rings is 1. The largest absolute Gasteiger partial charge is 0.444 e. The van der Waals surface area contributed by atoms with Crippen molar-refractivity contribution >= 4 is 23.5 Å². The first-order valence-electron chi connectivity index (χ1n) is 14.7. The summed E-state index contributed by atoms with van der Waals surface area (Å²) in [6, 6.07) is 8.60. The number of hydrogen-bond donors (Lipinski definition) is 0. The third-order valence-electron chi connectivity index (χ3n) is 8.77. The van der Waals surface area contributed by atoms with E-state index >= 15 is 0 Å². The average molecular weight is 593 g/mol. The lowest BCUT2D eigenvalue weighted by Gasteiger charge is -2.56. The molecular formula is C31H34ClFN6O3. The Balaban J connectivity index is 1.12. The SMILES string of the molecule is CC(C)(C)OC(=O)N1C2CCC1CC1(C2)CN(c2nc(Cl)nnc2Oc2ccc(F)cc2-c2cccnc2C2CC2)C1. The van der Waals surface area contributed by atoms with Crippen molar-refractivity contribution in [2.24, 2.45) is 5.41 Å². The molecule has 2 unspecified atom stereocenters. The maximum Gasteiger partial charge on any atom is 0.410 e. The van der Waals surface area contributed by atoms with Crippen LogP contribution in [0.2, 0.25) is 5.28 Å². The van der Waals surface area contributed by atoms with Crippen molar-refractivity contribution < 1.29 is 18.7 Å². The maximum absolute atomic E-state index is 14.5. The molecule has 0 N–H and O–H groups in total. The Hall–Kier alpha value is -3.53. The Morgan fingerprint density at radius 2 is 1.79 bits per heavy atom. The summed E-state index contributed by atoms with van der Waals surface area (Å²) < 4.78 is 26.6. The summed E-state index contributed by atoms with van der Waals surface area (Å²) in [7, 11) is 0. The Labute approximate surface area is 249 Å². The number of aromatic nitrogens is 4. The van der Waals surface area contributed by atoms with Gasteiger partial charge in [0.05, 0.1) is 5.69 Å². The summed E-state index contributed by atoms with van der Waals surface area (Å²) in [5, 5.41) is 8.25. The van der Waals surface area contributed by atoms with E-state index in [9.17, 15) is 9.18 Å². The standard InChI is InChI=1S/C31H34ClFN6O3/c1-30(2,3)42-29(40)39-20-9-10-21(39)15-31(14-20)16-38(17-31)26-27(36-37-28(32)35-26)41-24-11-8-19(33)13-23(24)22-5-4-12-34-25(22)18-6-7-18/h4-5,8,11-13,18,20-21H,6-7,9-10,14-17H2,1-3H3. The molecule has 4 aliphatic rings. The van der Waals surface area contributed by atoms with Gasteiger partial charge in [-0.2, -0.15) is 4.98 Å². The molecule has 1 aromatic carbocycles. The minimum Gasteiger partial charge on any atom is -0.444 e. The number of nitrogens with zero attached hydrogens (tertiary/aromatic N) is 6. The van der Waals surface area contributed by atoms with Crippen molar-refractivity contribution in [1.29, 1.82) is 0 Å². The zero-order valence-corrected chi connectivity index (χ0v) is 24.8. The van der Waals surface area contributed by atoms with Crippen molar-refractivity contribution in [1.82, 2.24) is 25.1 Å². The molecule has 3 aliphatic heterocycles. The number of piperidine rings is 1. The first-order valence-corrected chi connectivity index (χ1v) is 15.0. The molecule has 220 valence electrons. The molecule has 42 heavy (non-hydrogen) atoms. The smallest absolute Gasteiger partial charge is 0.410 e. The lowest BCUT2D eigenvalue weighted by atomic mass is 9.69. The molecule has 1 amide bonds. The van der Waals surface area contributed by atoms with Crippen LogP contribution in [0.15, 0.2) is 36.5 Å². The van der Waals surface area contributed by atoms with Crippen LogP contribution in [0.5, 0.6) is 11.6 Å². The van der Waals surface area contributed by atoms with E-state index in [1.54, 1.807) is 12.3 Å². The second-order valence-corrected chi connectivity index (χ2v) is 13.5. The zero-order valence-electron chi connectivity index (χ0n) is 24.0. The highest BCUT2D eigenvalue weighted by molar-refractivity contribution is 6.28. The van der Waals surface area contributed by atoms with Crippen LogP contribution in [0.4, 0.5) is 15.0 Å². The van der Waals surface area contributed by atoms with Gasteiger partial charge in [-0.25, -0.2) is 9.18 Å². The third-order valence-corrected chi connectivity index (χ3v) is 8.93. The fourth-order valence-electron chi connectivity index (χ4n) is 7.02. The molecule has 1 saturated carbocycles. The summed E-state index contributed by atoms with van der Waals surface area (Å²) in [5.74, 6) is 1.18. The molecule has 7 rings (SSSR count). The Morgan fingerprint density at radius 1 is 1.05 bits per heavy atom. The van der Waals surface area contributed by atoms with Gasteiger partial charge in [0.2, 0.25) is 5.28 Å². The van der Waals surface area contributed by atoms with Crippen molar-refractivity contribution in [2.45, 2.75) is 82.9 Å². The second-order valence-electron chi connectivity index (χ2n) is 13.2. The van der Waals surface area contributed by atoms with E-state index in [4.69, 9.17) is 21.1 Å². The van der Waals surface area contributed by atoms with Gasteiger partial charge in [-0.1, -0.05) is 6.07 Å². The Morgan fingerprint density at radius 3 is 2.48 bits per heavy atom. The number of ether oxygens (including phenoxy) is 2. The van der Waals surface area contributed by atoms with Gasteiger partial charge >= 0.3 is 6.09 Å². The minimum absolute atomic E-state index is 0.0284. The molecule has 2 aromatic heterocycles. The van der Waals surface area contributed by atoms with Crippen LogP contribution in [0.3, 0.4) is 0 Å². The molecule has 1 spiro atoms. The van der Waals surface area contributed by atoms with E-state index in [-0.39, 0.29) is 40.6 Å². The number of anilines is 1. The normalized spacial score (nSPS) is 22.7. The Bertz CT molecular complexity index is 1520. The lowest BCUT2D eigenvalue weighted by molar-refractivity contribution is -0.0183. The van der Waals surface area contributed by atoms with E-state index in [0.29, 0.717) is 23.0 Å². The van der Waals surface area contributed by atoms with Gasteiger partial charge in [0.1, 0.15) is 17.2 Å². The molecular weight excluding hydrogens is 559 g/mol. The third kappa shape index (κ3) is 5.14. The van der Waals surface area contributed by atoms with Crippen LogP contribution in [-0.4, -0.2) is 61.9 Å². The first-order chi connectivity index (χ1) is 20.1. The van der Waals surface area contributed by atoms with Gasteiger partial charge in [0.15, 0.2) is 5.82 Å². The predicted octanol–water partition coefficient (Wildman–Crippen LogP) is 6.76. The monoisotopic (exact) mass is 592 g/mol. The van der Waals surface area contributed by atoms with Crippen LogP contribution < -0.4 is 9.64 Å². The van der Waals surface area contributed by atoms with Gasteiger partial charge in [0, 0.05) is 53.8 Å². The van der Waals surface area contributed by atoms with Crippen LogP contribution in [-0.2, 0) is 4.74 Å². The number of hydrogen-bond acceptors (Lipinski definition) is 8. The van der Waals surface area contributed by atoms with Crippen molar-refractivity contribution in [3.8, 4) is 22.8 Å². The average Bonchev–Trinajstić information content (AvgIpc) is 3.72. The van der Waals surface area contributed by atoms with Crippen molar-refractivity contribution in [3.05, 3.63) is 53.3 Å². The highest BCUT2D eigenvalue weighted by Crippen LogP contribution is 2.52. The van der Waals surface area contributed by atoms with Crippen molar-refractivity contribution in [3.63, 3.8) is 0 Å². The molecule has 2 atom stereocenters. The summed E-state index contributed by atoms with van der Waals surface area (Å²) in [6.45, 7) is 7.21. The molecule has 11 heteroatoms. The number of fused-ring (bicyclic) bond motifs is 2. The number of pyridine rings is 1. The van der Waals surface area contributed by atoms with Gasteiger partial charge in [-0.15, -0.1) is 10.2 Å². The summed E-state index contributed by atoms with van der Waals surface area (Å²) in [5.41, 5.74) is 1.95. The van der Waals surface area contributed by atoms with E-state index in [1.807, 2.05) is 37.8 Å². The fraction of sp³-hybridized carbons (Fsp3) is 0.516. The first kappa shape index (κ1) is 27.3. The molecule has 3 saturated heterocycles. The van der Waals surface area contributed by atoms with E-state index in [2.05, 4.69) is 25.1 Å². The molecule has 2 bridgehead atoms. The minimum atomic E-state index is -0.518. The highest BCUT2D eigenvalue weighted by atomic mass is 35.5. The van der Waals surface area contributed by atoms with Crippen LogP contribution in [0.25, 0.3) is 11.1 Å². The zero-order chi connectivity index (χ0) is 29.2. The quantitative estimate of drug-likeness (QED) is 0.321. The second kappa shape index (κ2) is 10.0. The fourth-order valence-corrected chi connectivity index (χ4v) is 7.14. The molecule has 9 nitrogen and oxygen atoms in total. The topological polar surface area (TPSA) is 93.6 Å². The maximum atomic E-state index is 14.5. The molecule has 1 aliphatic carbocycles. The summed E-state index contributed by atoms with van der Waals surface area (Å²) in [6.07, 6.45) is 7.51. The number of amides is 1. The van der Waals surface area contributed by atoms with E-state index < -0.39 is 5.60 Å². The van der Waals surface area contributed by atoms with Gasteiger partial charge in [-0.05, 0) is 95.2 Å². The molecule has 4 fully saturated rings. The molecule has 0 radical (unpaired) electrons. The van der Waals surface area contributed by atoms with Gasteiger partial charge in [0.25, 0.3) is 5.88 Å². The summed E-state index contributed by atoms with van der Waals surface area (Å²) >= 11 is 6.21. The van der Waals surface area contributed by atoms with Crippen LogP contribution in [0, 0.1) is 11.2 Å². The number of carbonyl (C=O) groups excluding carboxylic acids is 1.